The van der Waals surface area contributed by atoms with Crippen LogP contribution in [0.1, 0.15) is 31.2 Å². The van der Waals surface area contributed by atoms with Crippen LogP contribution in [-0.2, 0) is 35.3 Å². The lowest BCUT2D eigenvalue weighted by molar-refractivity contribution is -0.147. The van der Waals surface area contributed by atoms with Crippen LogP contribution >= 0.6 is 0 Å². The van der Waals surface area contributed by atoms with Crippen LogP contribution in [0.5, 0.6) is 0 Å². The minimum Gasteiger partial charge on any atom is -0.480 e. The maximum absolute atomic E-state index is 12.2. The second kappa shape index (κ2) is 16.0. The molecule has 3 amide bonds. The smallest absolute Gasteiger partial charge is 0.407 e. The van der Waals surface area contributed by atoms with Gasteiger partial charge in [-0.3, -0.25) is 14.4 Å². The van der Waals surface area contributed by atoms with Crippen molar-refractivity contribution >= 4 is 29.8 Å². The average Bonchev–Trinajstić information content (AvgIpc) is 2.80. The Bertz CT molecular complexity index is 817. The van der Waals surface area contributed by atoms with E-state index in [4.69, 9.17) is 14.6 Å². The van der Waals surface area contributed by atoms with Crippen molar-refractivity contribution in [2.75, 3.05) is 33.4 Å². The first-order valence-electron chi connectivity index (χ1n) is 10.7. The largest absolute Gasteiger partial charge is 0.480 e. The fourth-order valence-corrected chi connectivity index (χ4v) is 2.85. The van der Waals surface area contributed by atoms with E-state index in [0.717, 1.165) is 10.5 Å². The summed E-state index contributed by atoms with van der Waals surface area (Å²) >= 11 is 0. The molecule has 0 unspecified atom stereocenters. The number of amides is 3. The molecule has 1 aromatic carbocycles. The van der Waals surface area contributed by atoms with Gasteiger partial charge >= 0.3 is 18.0 Å². The van der Waals surface area contributed by atoms with Gasteiger partial charge in [0.25, 0.3) is 0 Å². The molecule has 1 rings (SSSR count). The zero-order valence-corrected chi connectivity index (χ0v) is 19.0. The lowest BCUT2D eigenvalue weighted by atomic mass is 10.1. The molecule has 0 aliphatic heterocycles. The van der Waals surface area contributed by atoms with Crippen molar-refractivity contribution in [3.05, 3.63) is 35.9 Å². The van der Waals surface area contributed by atoms with Gasteiger partial charge in [-0.1, -0.05) is 30.3 Å². The zero-order valence-electron chi connectivity index (χ0n) is 19.0. The van der Waals surface area contributed by atoms with Crippen molar-refractivity contribution in [3.63, 3.8) is 0 Å². The lowest BCUT2D eigenvalue weighted by Crippen LogP contribution is -2.48. The SMILES string of the molecule is COCCC(=O)N(CC(=O)O)CC(=O)N[C@H](CCCCNC(=O)OCc1ccccc1)C(=O)O. The van der Waals surface area contributed by atoms with Gasteiger partial charge in [-0.25, -0.2) is 9.59 Å². The summed E-state index contributed by atoms with van der Waals surface area (Å²) in [7, 11) is 1.38. The predicted molar refractivity (Wildman–Crippen MR) is 119 cm³/mol. The van der Waals surface area contributed by atoms with Gasteiger partial charge in [0.1, 0.15) is 25.7 Å². The number of rotatable bonds is 16. The maximum Gasteiger partial charge on any atom is 0.407 e. The molecule has 0 aliphatic carbocycles. The Morgan fingerprint density at radius 3 is 2.35 bits per heavy atom. The van der Waals surface area contributed by atoms with E-state index < -0.39 is 49.0 Å². The Balaban J connectivity index is 2.38. The molecule has 0 aliphatic rings. The Morgan fingerprint density at radius 2 is 1.74 bits per heavy atom. The first-order valence-corrected chi connectivity index (χ1v) is 10.7. The molecule has 0 spiro atoms. The van der Waals surface area contributed by atoms with Gasteiger partial charge in [0.2, 0.25) is 11.8 Å². The molecule has 188 valence electrons. The van der Waals surface area contributed by atoms with Crippen LogP contribution < -0.4 is 10.6 Å². The summed E-state index contributed by atoms with van der Waals surface area (Å²) < 4.78 is 9.85. The highest BCUT2D eigenvalue weighted by molar-refractivity contribution is 5.89. The average molecular weight is 482 g/mol. The molecule has 0 saturated heterocycles. The summed E-state index contributed by atoms with van der Waals surface area (Å²) in [5.74, 6) is -3.96. The highest BCUT2D eigenvalue weighted by atomic mass is 16.5. The standard InChI is InChI=1S/C22H31N3O9/c1-33-12-10-19(27)25(14-20(28)29)13-18(26)24-17(21(30)31)9-5-6-11-23-22(32)34-15-16-7-3-2-4-8-16/h2-4,7-8,17H,5-6,9-15H2,1H3,(H,23,32)(H,24,26)(H,28,29)(H,30,31)/t17-/m1/s1. The van der Waals surface area contributed by atoms with Crippen LogP contribution in [0.2, 0.25) is 0 Å². The number of carboxylic acids is 2. The zero-order chi connectivity index (χ0) is 25.3. The highest BCUT2D eigenvalue weighted by Gasteiger charge is 2.24. The second-order valence-electron chi connectivity index (χ2n) is 7.33. The topological polar surface area (TPSA) is 172 Å². The van der Waals surface area contributed by atoms with Crippen LogP contribution in [0.15, 0.2) is 30.3 Å². The van der Waals surface area contributed by atoms with Crippen molar-refractivity contribution < 1.29 is 43.7 Å². The highest BCUT2D eigenvalue weighted by Crippen LogP contribution is 2.04. The Morgan fingerprint density at radius 1 is 1.03 bits per heavy atom. The fourth-order valence-electron chi connectivity index (χ4n) is 2.85. The third-order valence-electron chi connectivity index (χ3n) is 4.57. The minimum absolute atomic E-state index is 0.0577. The summed E-state index contributed by atoms with van der Waals surface area (Å²) in [5, 5.41) is 23.2. The monoisotopic (exact) mass is 481 g/mol. The van der Waals surface area contributed by atoms with Crippen molar-refractivity contribution in [1.82, 2.24) is 15.5 Å². The quantitative estimate of drug-likeness (QED) is 0.247. The van der Waals surface area contributed by atoms with Crippen molar-refractivity contribution in [1.29, 1.82) is 0 Å². The first-order chi connectivity index (χ1) is 16.2. The molecule has 4 N–H and O–H groups in total. The van der Waals surface area contributed by atoms with E-state index in [9.17, 15) is 29.1 Å². The van der Waals surface area contributed by atoms with E-state index in [0.29, 0.717) is 12.8 Å². The molecular formula is C22H31N3O9. The number of hydrogen-bond acceptors (Lipinski definition) is 7. The number of unbranched alkanes of at least 4 members (excludes halogenated alkanes) is 1. The van der Waals surface area contributed by atoms with Crippen LogP contribution in [0.25, 0.3) is 0 Å². The molecule has 0 bridgehead atoms. The number of carboxylic acid groups (broad SMARTS) is 2. The molecule has 1 aromatic rings. The molecule has 0 aromatic heterocycles. The number of ether oxygens (including phenoxy) is 2. The number of benzene rings is 1. The second-order valence-corrected chi connectivity index (χ2v) is 7.33. The molecule has 0 heterocycles. The first kappa shape index (κ1) is 28.4. The number of aliphatic carboxylic acids is 2. The van der Waals surface area contributed by atoms with Gasteiger partial charge in [-0.2, -0.15) is 0 Å². The lowest BCUT2D eigenvalue weighted by Gasteiger charge is -2.22. The third kappa shape index (κ3) is 12.4. The molecule has 0 saturated carbocycles. The normalized spacial score (nSPS) is 11.2. The number of methoxy groups -OCH3 is 1. The molecule has 12 nitrogen and oxygen atoms in total. The van der Waals surface area contributed by atoms with Gasteiger partial charge in [0.05, 0.1) is 13.0 Å². The van der Waals surface area contributed by atoms with E-state index in [1.807, 2.05) is 30.3 Å². The number of carbonyl (C=O) groups excluding carboxylic acids is 3. The minimum atomic E-state index is -1.30. The maximum atomic E-state index is 12.2. The number of nitrogens with one attached hydrogen (secondary N) is 2. The van der Waals surface area contributed by atoms with Gasteiger partial charge in [0.15, 0.2) is 0 Å². The fraction of sp³-hybridized carbons (Fsp3) is 0.500. The summed E-state index contributed by atoms with van der Waals surface area (Å²) in [6, 6.07) is 7.94. The number of nitrogens with zero attached hydrogens (tertiary/aromatic N) is 1. The van der Waals surface area contributed by atoms with Gasteiger partial charge in [-0.15, -0.1) is 0 Å². The molecule has 34 heavy (non-hydrogen) atoms. The van der Waals surface area contributed by atoms with E-state index in [1.54, 1.807) is 0 Å². The van der Waals surface area contributed by atoms with Gasteiger partial charge in [-0.05, 0) is 24.8 Å². The number of carbonyl (C=O) groups is 5. The van der Waals surface area contributed by atoms with Crippen molar-refractivity contribution in [2.24, 2.45) is 0 Å². The van der Waals surface area contributed by atoms with Crippen LogP contribution in [-0.4, -0.2) is 84.4 Å². The van der Waals surface area contributed by atoms with E-state index in [1.165, 1.54) is 7.11 Å². The summed E-state index contributed by atoms with van der Waals surface area (Å²) in [5.41, 5.74) is 0.847. The summed E-state index contributed by atoms with van der Waals surface area (Å²) in [6.45, 7) is -0.837. The van der Waals surface area contributed by atoms with E-state index in [-0.39, 0.29) is 32.6 Å². The molecular weight excluding hydrogens is 450 g/mol. The van der Waals surface area contributed by atoms with Crippen LogP contribution in [0.3, 0.4) is 0 Å². The molecule has 0 radical (unpaired) electrons. The van der Waals surface area contributed by atoms with Crippen LogP contribution in [0, 0.1) is 0 Å². The Kier molecular flexibility index (Phi) is 13.4. The Hall–Kier alpha value is -3.67. The molecule has 12 heteroatoms. The number of hydrogen-bond donors (Lipinski definition) is 4. The van der Waals surface area contributed by atoms with Gasteiger partial charge in [0, 0.05) is 13.7 Å². The summed E-state index contributed by atoms with van der Waals surface area (Å²) in [4.78, 5) is 59.3. The van der Waals surface area contributed by atoms with Crippen molar-refractivity contribution in [2.45, 2.75) is 38.3 Å². The van der Waals surface area contributed by atoms with Crippen LogP contribution in [0.4, 0.5) is 4.79 Å². The summed E-state index contributed by atoms with van der Waals surface area (Å²) in [6.07, 6.45) is 0.199. The molecule has 1 atom stereocenters. The Labute approximate surface area is 197 Å². The molecule has 0 fully saturated rings. The van der Waals surface area contributed by atoms with Gasteiger partial charge < -0.3 is 35.2 Å². The van der Waals surface area contributed by atoms with E-state index >= 15 is 0 Å². The van der Waals surface area contributed by atoms with Crippen molar-refractivity contribution in [3.8, 4) is 0 Å². The van der Waals surface area contributed by atoms with E-state index in [2.05, 4.69) is 10.6 Å². The number of alkyl carbamates (subject to hydrolysis) is 1. The predicted octanol–water partition coefficient (Wildman–Crippen LogP) is 0.602. The third-order valence-corrected chi connectivity index (χ3v) is 4.57.